The summed E-state index contributed by atoms with van der Waals surface area (Å²) in [6, 6.07) is 9.83. The minimum Gasteiger partial charge on any atom is -0.508 e. The summed E-state index contributed by atoms with van der Waals surface area (Å²) in [7, 11) is -3.64. The monoisotopic (exact) mass is 369 g/mol. The number of rotatable bonds is 4. The molecule has 0 heterocycles. The van der Waals surface area contributed by atoms with E-state index in [2.05, 4.69) is 20.7 Å². The highest BCUT2D eigenvalue weighted by molar-refractivity contribution is 9.08. The Morgan fingerprint density at radius 1 is 1.10 bits per heavy atom. The molecule has 0 aliphatic heterocycles. The van der Waals surface area contributed by atoms with E-state index in [-0.39, 0.29) is 10.6 Å². The van der Waals surface area contributed by atoms with Crippen LogP contribution >= 0.6 is 15.9 Å². The highest BCUT2D eigenvalue weighted by Crippen LogP contribution is 2.27. The Balaban J connectivity index is 2.34. The fraction of sp³-hybridized carbons (Fsp3) is 0.200. The van der Waals surface area contributed by atoms with Gasteiger partial charge in [0.15, 0.2) is 0 Å². The summed E-state index contributed by atoms with van der Waals surface area (Å²) in [6.07, 6.45) is 0. The van der Waals surface area contributed by atoms with Gasteiger partial charge >= 0.3 is 0 Å². The molecule has 0 saturated heterocycles. The summed E-state index contributed by atoms with van der Waals surface area (Å²) in [4.78, 5) is 0.206. The summed E-state index contributed by atoms with van der Waals surface area (Å²) >= 11 is 3.32. The van der Waals surface area contributed by atoms with Gasteiger partial charge in [-0.25, -0.2) is 8.42 Å². The molecule has 0 spiro atoms. The number of aryl methyl sites for hydroxylation is 2. The normalized spacial score (nSPS) is 11.4. The largest absolute Gasteiger partial charge is 0.508 e. The van der Waals surface area contributed by atoms with Gasteiger partial charge < -0.3 is 5.11 Å². The molecule has 0 fully saturated rings. The van der Waals surface area contributed by atoms with E-state index < -0.39 is 10.0 Å². The van der Waals surface area contributed by atoms with Gasteiger partial charge in [0.1, 0.15) is 5.75 Å². The van der Waals surface area contributed by atoms with Crippen LogP contribution in [0.2, 0.25) is 0 Å². The maximum Gasteiger partial charge on any atom is 0.261 e. The number of nitrogens with one attached hydrogen (secondary N) is 1. The molecule has 0 saturated carbocycles. The number of phenols is 1. The van der Waals surface area contributed by atoms with Gasteiger partial charge in [-0.3, -0.25) is 4.72 Å². The van der Waals surface area contributed by atoms with Crippen LogP contribution in [0.5, 0.6) is 5.75 Å². The van der Waals surface area contributed by atoms with Gasteiger partial charge in [0.05, 0.1) is 10.6 Å². The highest BCUT2D eigenvalue weighted by atomic mass is 79.9. The average Bonchev–Trinajstić information content (AvgIpc) is 2.44. The predicted octanol–water partition coefficient (Wildman–Crippen LogP) is 3.70. The molecule has 0 atom stereocenters. The molecule has 21 heavy (non-hydrogen) atoms. The van der Waals surface area contributed by atoms with Gasteiger partial charge in [-0.1, -0.05) is 28.1 Å². The second-order valence-electron chi connectivity index (χ2n) is 4.84. The molecule has 6 heteroatoms. The van der Waals surface area contributed by atoms with Crippen molar-refractivity contribution >= 4 is 31.6 Å². The maximum absolute atomic E-state index is 12.4. The zero-order valence-corrected chi connectivity index (χ0v) is 14.1. The van der Waals surface area contributed by atoms with Crippen molar-refractivity contribution in [3.63, 3.8) is 0 Å². The lowest BCUT2D eigenvalue weighted by Crippen LogP contribution is -2.14. The standard InChI is InChI=1S/C15H16BrNO3S/c1-10-8-15(18)11(2)7-14(10)17-21(19,20)13-5-3-12(9-16)4-6-13/h3-8,17-18H,9H2,1-2H3. The molecule has 0 radical (unpaired) electrons. The van der Waals surface area contributed by atoms with Crippen LogP contribution < -0.4 is 4.72 Å². The number of hydrogen-bond donors (Lipinski definition) is 2. The number of benzene rings is 2. The first-order valence-electron chi connectivity index (χ1n) is 6.31. The molecule has 2 rings (SSSR count). The van der Waals surface area contributed by atoms with Crippen molar-refractivity contribution in [2.75, 3.05) is 4.72 Å². The van der Waals surface area contributed by atoms with Crippen LogP contribution in [0.15, 0.2) is 41.3 Å². The molecule has 112 valence electrons. The number of aromatic hydroxyl groups is 1. The quantitative estimate of drug-likeness (QED) is 0.637. The van der Waals surface area contributed by atoms with Crippen LogP contribution in [0.4, 0.5) is 5.69 Å². The van der Waals surface area contributed by atoms with E-state index in [9.17, 15) is 13.5 Å². The van der Waals surface area contributed by atoms with Gasteiger partial charge in [-0.15, -0.1) is 0 Å². The van der Waals surface area contributed by atoms with Gasteiger partial charge in [0.2, 0.25) is 0 Å². The molecular formula is C15H16BrNO3S. The number of hydrogen-bond acceptors (Lipinski definition) is 3. The van der Waals surface area contributed by atoms with Crippen LogP contribution in [0.1, 0.15) is 16.7 Å². The third-order valence-corrected chi connectivity index (χ3v) is 5.20. The van der Waals surface area contributed by atoms with E-state index in [1.807, 2.05) is 0 Å². The Kier molecular flexibility index (Phi) is 4.58. The van der Waals surface area contributed by atoms with Gasteiger partial charge in [0.25, 0.3) is 10.0 Å². The first kappa shape index (κ1) is 15.9. The molecule has 2 N–H and O–H groups in total. The molecule has 0 unspecified atom stereocenters. The molecule has 0 aromatic heterocycles. The summed E-state index contributed by atoms with van der Waals surface area (Å²) < 4.78 is 27.3. The lowest BCUT2D eigenvalue weighted by atomic mass is 10.1. The number of alkyl halides is 1. The molecule has 0 bridgehead atoms. The molecule has 2 aromatic carbocycles. The number of phenolic OH excluding ortho intramolecular Hbond substituents is 1. The zero-order valence-electron chi connectivity index (χ0n) is 11.7. The van der Waals surface area contributed by atoms with Crippen LogP contribution in [-0.2, 0) is 15.4 Å². The molecule has 0 aliphatic carbocycles. The molecule has 0 amide bonds. The van der Waals surface area contributed by atoms with Crippen LogP contribution in [0, 0.1) is 13.8 Å². The fourth-order valence-corrected chi connectivity index (χ4v) is 3.37. The lowest BCUT2D eigenvalue weighted by Gasteiger charge is -2.12. The second-order valence-corrected chi connectivity index (χ2v) is 7.08. The van der Waals surface area contributed by atoms with E-state index in [0.717, 1.165) is 5.56 Å². The summed E-state index contributed by atoms with van der Waals surface area (Å²) in [5, 5.41) is 10.3. The smallest absolute Gasteiger partial charge is 0.261 e. The van der Waals surface area contributed by atoms with Crippen LogP contribution in [-0.4, -0.2) is 13.5 Å². The number of halogens is 1. The zero-order chi connectivity index (χ0) is 15.6. The number of anilines is 1. The third kappa shape index (κ3) is 3.57. The Labute approximate surface area is 133 Å². The fourth-order valence-electron chi connectivity index (χ4n) is 1.87. The van der Waals surface area contributed by atoms with Crippen molar-refractivity contribution in [3.8, 4) is 5.75 Å². The topological polar surface area (TPSA) is 66.4 Å². The summed E-state index contributed by atoms with van der Waals surface area (Å²) in [5.74, 6) is 0.150. The Morgan fingerprint density at radius 2 is 1.71 bits per heavy atom. The van der Waals surface area contributed by atoms with Crippen molar-refractivity contribution in [1.82, 2.24) is 0 Å². The first-order chi connectivity index (χ1) is 9.83. The average molecular weight is 370 g/mol. The van der Waals surface area contributed by atoms with E-state index in [0.29, 0.717) is 22.1 Å². The van der Waals surface area contributed by atoms with Crippen molar-refractivity contribution in [2.45, 2.75) is 24.1 Å². The first-order valence-corrected chi connectivity index (χ1v) is 8.92. The van der Waals surface area contributed by atoms with Crippen LogP contribution in [0.25, 0.3) is 0 Å². The number of sulfonamides is 1. The van der Waals surface area contributed by atoms with Crippen LogP contribution in [0.3, 0.4) is 0 Å². The van der Waals surface area contributed by atoms with E-state index in [1.165, 1.54) is 0 Å². The SMILES string of the molecule is Cc1cc(NS(=O)(=O)c2ccc(CBr)cc2)c(C)cc1O. The third-order valence-electron chi connectivity index (χ3n) is 3.18. The maximum atomic E-state index is 12.4. The summed E-state index contributed by atoms with van der Waals surface area (Å²) in [5.41, 5.74) is 2.76. The minimum atomic E-state index is -3.64. The molecular weight excluding hydrogens is 354 g/mol. The van der Waals surface area contributed by atoms with Crippen molar-refractivity contribution in [2.24, 2.45) is 0 Å². The Morgan fingerprint density at radius 3 is 2.29 bits per heavy atom. The van der Waals surface area contributed by atoms with E-state index in [4.69, 9.17) is 0 Å². The summed E-state index contributed by atoms with van der Waals surface area (Å²) in [6.45, 7) is 3.46. The Hall–Kier alpha value is -1.53. The van der Waals surface area contributed by atoms with Gasteiger partial charge in [-0.05, 0) is 54.8 Å². The van der Waals surface area contributed by atoms with Gasteiger partial charge in [-0.2, -0.15) is 0 Å². The van der Waals surface area contributed by atoms with Gasteiger partial charge in [0, 0.05) is 5.33 Å². The lowest BCUT2D eigenvalue weighted by molar-refractivity contribution is 0.471. The van der Waals surface area contributed by atoms with Crippen molar-refractivity contribution < 1.29 is 13.5 Å². The second kappa shape index (κ2) is 6.07. The van der Waals surface area contributed by atoms with Crippen molar-refractivity contribution in [1.29, 1.82) is 0 Å². The molecule has 2 aromatic rings. The highest BCUT2D eigenvalue weighted by Gasteiger charge is 2.16. The van der Waals surface area contributed by atoms with E-state index in [1.54, 1.807) is 50.2 Å². The molecule has 0 aliphatic rings. The molecule has 4 nitrogen and oxygen atoms in total. The minimum absolute atomic E-state index is 0.150. The van der Waals surface area contributed by atoms with Crippen molar-refractivity contribution in [3.05, 3.63) is 53.1 Å². The Bertz CT molecular complexity index is 755. The van der Waals surface area contributed by atoms with E-state index >= 15 is 0 Å². The predicted molar refractivity (Wildman–Crippen MR) is 87.5 cm³/mol.